The fourth-order valence-corrected chi connectivity index (χ4v) is 1.92. The summed E-state index contributed by atoms with van der Waals surface area (Å²) in [6.07, 6.45) is -8.82. The molecule has 0 saturated carbocycles. The highest BCUT2D eigenvalue weighted by atomic mass is 32.1. The monoisotopic (exact) mass is 318 g/mol. The summed E-state index contributed by atoms with van der Waals surface area (Å²) in [6.45, 7) is -0.919. The molecule has 1 fully saturated rings. The smallest absolute Gasteiger partial charge is 0.390 e. The molecule has 1 saturated heterocycles. The Morgan fingerprint density at radius 1 is 1.35 bits per heavy atom. The predicted octanol–water partition coefficient (Wildman–Crippen LogP) is -0.704. The zero-order chi connectivity index (χ0) is 15.3. The summed E-state index contributed by atoms with van der Waals surface area (Å²) in [4.78, 5) is 3.84. The van der Waals surface area contributed by atoms with Gasteiger partial charge in [0, 0.05) is 6.54 Å². The molecule has 0 radical (unpaired) electrons. The normalized spacial score (nSPS) is 32.2. The molecule has 0 spiro atoms. The molecule has 1 heterocycles. The molecular formula is C10H17F3N2O4S. The molecule has 10 heteroatoms. The number of hydrogen-bond donors (Lipinski definition) is 5. The van der Waals surface area contributed by atoms with E-state index in [0.717, 1.165) is 0 Å². The number of ether oxygens (including phenoxy) is 1. The predicted molar refractivity (Wildman–Crippen MR) is 67.7 cm³/mol. The first-order valence-corrected chi connectivity index (χ1v) is 6.35. The molecule has 4 atom stereocenters. The van der Waals surface area contributed by atoms with E-state index in [0.29, 0.717) is 0 Å². The number of hydrogen-bond acceptors (Lipinski definition) is 5. The van der Waals surface area contributed by atoms with E-state index in [9.17, 15) is 23.4 Å². The third kappa shape index (κ3) is 5.44. The van der Waals surface area contributed by atoms with Crippen LogP contribution in [0.1, 0.15) is 6.42 Å². The number of alkyl halides is 3. The Bertz CT molecular complexity index is 343. The lowest BCUT2D eigenvalue weighted by Crippen LogP contribution is -2.53. The van der Waals surface area contributed by atoms with Gasteiger partial charge < -0.3 is 25.4 Å². The van der Waals surface area contributed by atoms with Crippen molar-refractivity contribution in [3.63, 3.8) is 0 Å². The van der Waals surface area contributed by atoms with Crippen molar-refractivity contribution in [1.82, 2.24) is 5.32 Å². The van der Waals surface area contributed by atoms with Crippen LogP contribution in [0.4, 0.5) is 13.2 Å². The topological polar surface area (TPSA) is 94.3 Å². The van der Waals surface area contributed by atoms with Crippen LogP contribution in [-0.4, -0.2) is 70.8 Å². The minimum atomic E-state index is -4.28. The van der Waals surface area contributed by atoms with Gasteiger partial charge in [-0.25, -0.2) is 0 Å². The van der Waals surface area contributed by atoms with Crippen LogP contribution in [0.15, 0.2) is 4.99 Å². The number of aliphatic hydroxyl groups excluding tert-OH is 3. The maximum atomic E-state index is 11.9. The summed E-state index contributed by atoms with van der Waals surface area (Å²) in [7, 11) is 0. The number of aliphatic imine (C=N–C) groups is 1. The van der Waals surface area contributed by atoms with Crippen molar-refractivity contribution >= 4 is 17.8 Å². The highest BCUT2D eigenvalue weighted by molar-refractivity contribution is 7.96. The van der Waals surface area contributed by atoms with Crippen LogP contribution in [-0.2, 0) is 4.74 Å². The fraction of sp³-hybridized carbons (Fsp3) is 0.900. The highest BCUT2D eigenvalue weighted by Crippen LogP contribution is 2.19. The first kappa shape index (κ1) is 17.5. The first-order valence-electron chi connectivity index (χ1n) is 5.90. The number of nitrogens with one attached hydrogen (secondary N) is 1. The summed E-state index contributed by atoms with van der Waals surface area (Å²) in [5.74, 6) is 0. The molecule has 0 aromatic rings. The van der Waals surface area contributed by atoms with E-state index < -0.39 is 50.1 Å². The lowest BCUT2D eigenvalue weighted by atomic mass is 9.99. The minimum absolute atomic E-state index is 0.0749. The van der Waals surface area contributed by atoms with Gasteiger partial charge in [-0.1, -0.05) is 0 Å². The number of halogens is 3. The first-order chi connectivity index (χ1) is 9.24. The van der Waals surface area contributed by atoms with Gasteiger partial charge >= 0.3 is 6.18 Å². The minimum Gasteiger partial charge on any atom is -0.394 e. The lowest BCUT2D eigenvalue weighted by molar-refractivity contribution is -0.155. The third-order valence-corrected chi connectivity index (χ3v) is 3.04. The molecule has 0 aliphatic carbocycles. The average Bonchev–Trinajstić information content (AvgIpc) is 2.34. The zero-order valence-electron chi connectivity index (χ0n) is 10.4. The Morgan fingerprint density at radius 3 is 2.55 bits per heavy atom. The molecule has 4 N–H and O–H groups in total. The fourth-order valence-electron chi connectivity index (χ4n) is 1.66. The largest absolute Gasteiger partial charge is 0.394 e. The van der Waals surface area contributed by atoms with Gasteiger partial charge in [0.25, 0.3) is 0 Å². The Kier molecular flexibility index (Phi) is 6.52. The molecule has 0 aromatic carbocycles. The van der Waals surface area contributed by atoms with Crippen LogP contribution in [0.5, 0.6) is 0 Å². The van der Waals surface area contributed by atoms with E-state index in [-0.39, 0.29) is 11.8 Å². The van der Waals surface area contributed by atoms with Crippen molar-refractivity contribution in [2.24, 2.45) is 4.99 Å². The van der Waals surface area contributed by atoms with Crippen LogP contribution in [0.2, 0.25) is 0 Å². The average molecular weight is 318 g/mol. The summed E-state index contributed by atoms with van der Waals surface area (Å²) >= 11 is 3.86. The number of amidine groups is 1. The molecular weight excluding hydrogens is 301 g/mol. The van der Waals surface area contributed by atoms with Gasteiger partial charge in [-0.3, -0.25) is 4.99 Å². The van der Waals surface area contributed by atoms with Gasteiger partial charge in [0.05, 0.1) is 19.6 Å². The molecule has 1 aliphatic heterocycles. The van der Waals surface area contributed by atoms with Crippen LogP contribution in [0.25, 0.3) is 0 Å². The quantitative estimate of drug-likeness (QED) is 0.268. The number of thiol groups is 1. The van der Waals surface area contributed by atoms with Gasteiger partial charge in [0.1, 0.15) is 24.4 Å². The molecule has 0 aromatic heterocycles. The second-order valence-corrected chi connectivity index (χ2v) is 4.77. The Labute approximate surface area is 119 Å². The maximum Gasteiger partial charge on any atom is 0.390 e. The van der Waals surface area contributed by atoms with E-state index in [1.54, 1.807) is 0 Å². The molecule has 118 valence electrons. The highest BCUT2D eigenvalue weighted by Gasteiger charge is 2.38. The van der Waals surface area contributed by atoms with Crippen LogP contribution in [0.3, 0.4) is 0 Å². The van der Waals surface area contributed by atoms with Crippen molar-refractivity contribution in [3.8, 4) is 0 Å². The number of rotatable bonds is 4. The van der Waals surface area contributed by atoms with Gasteiger partial charge in [-0.15, -0.1) is 12.6 Å². The lowest BCUT2D eigenvalue weighted by Gasteiger charge is -2.35. The van der Waals surface area contributed by atoms with Gasteiger partial charge in [-0.2, -0.15) is 13.2 Å². The summed E-state index contributed by atoms with van der Waals surface area (Å²) in [6, 6.07) is -0.862. The van der Waals surface area contributed by atoms with E-state index in [1.165, 1.54) is 0 Å². The molecule has 6 nitrogen and oxygen atoms in total. The Morgan fingerprint density at radius 2 is 2.00 bits per heavy atom. The van der Waals surface area contributed by atoms with Crippen molar-refractivity contribution in [3.05, 3.63) is 0 Å². The summed E-state index contributed by atoms with van der Waals surface area (Å²) in [5.41, 5.74) is 0. The Balaban J connectivity index is 2.48. The SMILES string of the molecule is OC[C@H]1OC[C@H](/N=C(\S)NCCC(F)(F)F)[C@@H](O)[C@@H]1O. The molecule has 0 unspecified atom stereocenters. The van der Waals surface area contributed by atoms with Crippen molar-refractivity contribution in [2.45, 2.75) is 37.0 Å². The maximum absolute atomic E-state index is 11.9. The van der Waals surface area contributed by atoms with Crippen molar-refractivity contribution in [1.29, 1.82) is 0 Å². The van der Waals surface area contributed by atoms with E-state index in [4.69, 9.17) is 9.84 Å². The van der Waals surface area contributed by atoms with Gasteiger partial charge in [-0.05, 0) is 0 Å². The van der Waals surface area contributed by atoms with Gasteiger partial charge in [0.2, 0.25) is 0 Å². The zero-order valence-corrected chi connectivity index (χ0v) is 11.3. The summed E-state index contributed by atoms with van der Waals surface area (Å²) in [5, 5.41) is 30.5. The third-order valence-electron chi connectivity index (χ3n) is 2.77. The van der Waals surface area contributed by atoms with Crippen LogP contribution in [0, 0.1) is 0 Å². The van der Waals surface area contributed by atoms with E-state index in [2.05, 4.69) is 22.9 Å². The molecule has 0 bridgehead atoms. The number of aliphatic hydroxyl groups is 3. The molecule has 0 amide bonds. The van der Waals surface area contributed by atoms with Gasteiger partial charge in [0.15, 0.2) is 5.17 Å². The number of nitrogens with zero attached hydrogens (tertiary/aromatic N) is 1. The molecule has 20 heavy (non-hydrogen) atoms. The second-order valence-electron chi connectivity index (χ2n) is 4.35. The molecule has 1 aliphatic rings. The van der Waals surface area contributed by atoms with E-state index >= 15 is 0 Å². The van der Waals surface area contributed by atoms with Crippen LogP contribution < -0.4 is 5.32 Å². The van der Waals surface area contributed by atoms with Crippen LogP contribution >= 0.6 is 12.6 Å². The Hall–Kier alpha value is -0.550. The standard InChI is InChI=1S/C10H17F3N2O4S/c11-10(12,13)1-2-14-9(20)15-5-4-19-6(3-16)8(18)7(5)17/h5-8,16-18H,1-4H2,(H2,14,15,20)/t5-,6+,7+,8+/m0/s1. The second kappa shape index (κ2) is 7.46. The van der Waals surface area contributed by atoms with E-state index in [1.807, 2.05) is 0 Å². The van der Waals surface area contributed by atoms with Crippen molar-refractivity contribution in [2.75, 3.05) is 19.8 Å². The molecule has 1 rings (SSSR count). The van der Waals surface area contributed by atoms with Crippen molar-refractivity contribution < 1.29 is 33.2 Å². The summed E-state index contributed by atoms with van der Waals surface area (Å²) < 4.78 is 40.9.